The van der Waals surface area contributed by atoms with Crippen LogP contribution in [0, 0.1) is 31.6 Å². The number of hydrogen-bond acceptors (Lipinski definition) is 4. The molecule has 0 radical (unpaired) electrons. The summed E-state index contributed by atoms with van der Waals surface area (Å²) in [5.41, 5.74) is 2.37. The second-order valence-electron chi connectivity index (χ2n) is 8.66. The Labute approximate surface area is 156 Å². The van der Waals surface area contributed by atoms with Crippen LogP contribution in [-0.2, 0) is 18.4 Å². The van der Waals surface area contributed by atoms with E-state index in [2.05, 4.69) is 38.1 Å². The third-order valence-corrected chi connectivity index (χ3v) is 7.94. The Morgan fingerprint density at radius 3 is 2.28 bits per heavy atom. The van der Waals surface area contributed by atoms with Gasteiger partial charge in [0.05, 0.1) is 10.2 Å². The number of aromatic nitrogens is 4. The van der Waals surface area contributed by atoms with Gasteiger partial charge in [-0.1, -0.05) is 0 Å². The van der Waals surface area contributed by atoms with Gasteiger partial charge in [0.25, 0.3) is 0 Å². The third-order valence-electron chi connectivity index (χ3n) is 6.79. The van der Waals surface area contributed by atoms with Gasteiger partial charge in [-0.3, -0.25) is 4.68 Å². The normalized spacial score (nSPS) is 33.3. The zero-order chi connectivity index (χ0) is 17.2. The molecule has 2 heterocycles. The van der Waals surface area contributed by atoms with Crippen LogP contribution in [0.25, 0.3) is 0 Å². The summed E-state index contributed by atoms with van der Waals surface area (Å²) in [4.78, 5) is 0. The summed E-state index contributed by atoms with van der Waals surface area (Å²) in [5, 5.41) is 13.5. The summed E-state index contributed by atoms with van der Waals surface area (Å²) < 4.78 is 9.30. The van der Waals surface area contributed by atoms with E-state index in [4.69, 9.17) is 4.42 Å². The van der Waals surface area contributed by atoms with Crippen molar-refractivity contribution in [2.45, 2.75) is 70.8 Å². The first-order valence-electron chi connectivity index (χ1n) is 9.55. The van der Waals surface area contributed by atoms with Gasteiger partial charge in [-0.15, -0.1) is 10.2 Å². The minimum absolute atomic E-state index is 0.196. The first kappa shape index (κ1) is 16.0. The molecule has 2 aromatic heterocycles. The van der Waals surface area contributed by atoms with Gasteiger partial charge in [-0.2, -0.15) is 5.10 Å². The summed E-state index contributed by atoms with van der Waals surface area (Å²) in [5.74, 6) is 4.38. The van der Waals surface area contributed by atoms with Gasteiger partial charge >= 0.3 is 0 Å². The number of hydrogen-bond donors (Lipinski definition) is 0. The van der Waals surface area contributed by atoms with Crippen LogP contribution < -0.4 is 0 Å². The van der Waals surface area contributed by atoms with Gasteiger partial charge in [0.1, 0.15) is 0 Å². The molecule has 134 valence electrons. The van der Waals surface area contributed by atoms with E-state index in [1.54, 1.807) is 0 Å². The molecule has 2 aromatic rings. The molecule has 4 aliphatic carbocycles. The fraction of sp³-hybridized carbons (Fsp3) is 0.737. The van der Waals surface area contributed by atoms with E-state index in [0.29, 0.717) is 0 Å². The van der Waals surface area contributed by atoms with Crippen LogP contribution in [0.5, 0.6) is 0 Å². The van der Waals surface area contributed by atoms with Crippen molar-refractivity contribution in [1.29, 1.82) is 0 Å². The smallest absolute Gasteiger partial charge is 0.222 e. The lowest BCUT2D eigenvalue weighted by molar-refractivity contribution is -0.0182. The molecular weight excluding hydrogens is 380 g/mol. The maximum absolute atomic E-state index is 6.19. The first-order chi connectivity index (χ1) is 12.0. The molecule has 0 unspecified atom stereocenters. The van der Waals surface area contributed by atoms with Crippen molar-refractivity contribution in [2.75, 3.05) is 0 Å². The summed E-state index contributed by atoms with van der Waals surface area (Å²) in [6.45, 7) is 4.88. The van der Waals surface area contributed by atoms with Crippen molar-refractivity contribution in [2.24, 2.45) is 17.8 Å². The van der Waals surface area contributed by atoms with Crippen molar-refractivity contribution in [3.8, 4) is 0 Å². The largest absolute Gasteiger partial charge is 0.425 e. The van der Waals surface area contributed by atoms with Gasteiger partial charge in [-0.05, 0) is 86.1 Å². The van der Waals surface area contributed by atoms with Crippen LogP contribution in [0.2, 0.25) is 0 Å². The van der Waals surface area contributed by atoms with Gasteiger partial charge in [0.2, 0.25) is 11.8 Å². The molecule has 6 rings (SSSR count). The fourth-order valence-corrected chi connectivity index (χ4v) is 6.32. The zero-order valence-corrected chi connectivity index (χ0v) is 16.5. The molecular formula is C19H25BrN4O. The fourth-order valence-electron chi connectivity index (χ4n) is 6.04. The van der Waals surface area contributed by atoms with Crippen molar-refractivity contribution >= 4 is 15.9 Å². The van der Waals surface area contributed by atoms with E-state index >= 15 is 0 Å². The standard InChI is InChI=1S/C19H25BrN4O/c1-11-17(20)12(2)24(23-11)4-3-16-21-22-18(25-16)19-8-13-5-14(9-19)7-15(6-13)10-19/h13-15H,3-10H2,1-2H3. The van der Waals surface area contributed by atoms with Gasteiger partial charge in [0.15, 0.2) is 0 Å². The lowest BCUT2D eigenvalue weighted by Crippen LogP contribution is -2.48. The minimum Gasteiger partial charge on any atom is -0.425 e. The van der Waals surface area contributed by atoms with E-state index in [1.807, 2.05) is 11.6 Å². The molecule has 0 saturated heterocycles. The van der Waals surface area contributed by atoms with Crippen molar-refractivity contribution < 1.29 is 4.42 Å². The molecule has 0 N–H and O–H groups in total. The maximum atomic E-state index is 6.19. The lowest BCUT2D eigenvalue weighted by Gasteiger charge is -2.55. The second kappa shape index (κ2) is 5.66. The molecule has 0 atom stereocenters. The molecule has 0 amide bonds. The zero-order valence-electron chi connectivity index (χ0n) is 15.0. The average molecular weight is 405 g/mol. The molecule has 4 saturated carbocycles. The molecule has 25 heavy (non-hydrogen) atoms. The van der Waals surface area contributed by atoms with E-state index in [9.17, 15) is 0 Å². The topological polar surface area (TPSA) is 56.7 Å². The molecule has 0 spiro atoms. The number of aryl methyl sites for hydroxylation is 3. The predicted octanol–water partition coefficient (Wildman–Crippen LogP) is 4.36. The molecule has 5 nitrogen and oxygen atoms in total. The average Bonchev–Trinajstić information content (AvgIpc) is 3.13. The molecule has 6 heteroatoms. The maximum Gasteiger partial charge on any atom is 0.222 e. The molecule has 4 aliphatic rings. The van der Waals surface area contributed by atoms with E-state index < -0.39 is 0 Å². The number of rotatable bonds is 4. The molecule has 4 bridgehead atoms. The lowest BCUT2D eigenvalue weighted by atomic mass is 9.49. The monoisotopic (exact) mass is 404 g/mol. The minimum atomic E-state index is 0.196. The van der Waals surface area contributed by atoms with Crippen LogP contribution in [0.15, 0.2) is 8.89 Å². The second-order valence-corrected chi connectivity index (χ2v) is 9.45. The van der Waals surface area contributed by atoms with Crippen LogP contribution in [-0.4, -0.2) is 20.0 Å². The van der Waals surface area contributed by atoms with Crippen molar-refractivity contribution in [3.63, 3.8) is 0 Å². The van der Waals surface area contributed by atoms with Gasteiger partial charge < -0.3 is 4.42 Å². The SMILES string of the molecule is Cc1nn(CCc2nnc(C34CC5CC(CC(C5)C3)C4)o2)c(C)c1Br. The molecule has 0 aliphatic heterocycles. The Morgan fingerprint density at radius 2 is 1.72 bits per heavy atom. The van der Waals surface area contributed by atoms with Gasteiger partial charge in [-0.25, -0.2) is 0 Å². The summed E-state index contributed by atoms with van der Waals surface area (Å²) in [6, 6.07) is 0. The quantitative estimate of drug-likeness (QED) is 0.759. The van der Waals surface area contributed by atoms with E-state index in [0.717, 1.165) is 58.4 Å². The Balaban J connectivity index is 1.33. The first-order valence-corrected chi connectivity index (χ1v) is 10.3. The summed E-state index contributed by atoms with van der Waals surface area (Å²) >= 11 is 3.59. The summed E-state index contributed by atoms with van der Waals surface area (Å²) in [6.07, 6.45) is 8.86. The van der Waals surface area contributed by atoms with Crippen molar-refractivity contribution in [3.05, 3.63) is 27.6 Å². The molecule has 0 aromatic carbocycles. The van der Waals surface area contributed by atoms with Crippen LogP contribution >= 0.6 is 15.9 Å². The highest BCUT2D eigenvalue weighted by atomic mass is 79.9. The number of halogens is 1. The Morgan fingerprint density at radius 1 is 1.08 bits per heavy atom. The highest BCUT2D eigenvalue weighted by Gasteiger charge is 2.54. The highest BCUT2D eigenvalue weighted by molar-refractivity contribution is 9.10. The molecule has 4 fully saturated rings. The van der Waals surface area contributed by atoms with Crippen LogP contribution in [0.3, 0.4) is 0 Å². The highest BCUT2D eigenvalue weighted by Crippen LogP contribution is 2.60. The Kier molecular flexibility index (Phi) is 3.63. The van der Waals surface area contributed by atoms with Crippen LogP contribution in [0.4, 0.5) is 0 Å². The Hall–Kier alpha value is -1.17. The third kappa shape index (κ3) is 2.59. The predicted molar refractivity (Wildman–Crippen MR) is 97.3 cm³/mol. The summed E-state index contributed by atoms with van der Waals surface area (Å²) in [7, 11) is 0. The Bertz CT molecular complexity index is 773. The number of nitrogens with zero attached hydrogens (tertiary/aromatic N) is 4. The van der Waals surface area contributed by atoms with Crippen LogP contribution in [0.1, 0.15) is 61.7 Å². The van der Waals surface area contributed by atoms with Crippen molar-refractivity contribution in [1.82, 2.24) is 20.0 Å². The van der Waals surface area contributed by atoms with E-state index in [1.165, 1.54) is 38.5 Å². The van der Waals surface area contributed by atoms with E-state index in [-0.39, 0.29) is 5.41 Å². The van der Waals surface area contributed by atoms with Gasteiger partial charge in [0, 0.05) is 24.1 Å².